The van der Waals surface area contributed by atoms with E-state index >= 15 is 0 Å². The van der Waals surface area contributed by atoms with Crippen LogP contribution in [0.15, 0.2) is 36.5 Å². The van der Waals surface area contributed by atoms with E-state index in [4.69, 9.17) is 5.73 Å². The molecule has 66 valence electrons. The Morgan fingerprint density at radius 1 is 1.31 bits per heavy atom. The van der Waals surface area contributed by atoms with Crippen LogP contribution in [0, 0.1) is 0 Å². The molecule has 0 fully saturated rings. The molecule has 1 aromatic carbocycles. The lowest BCUT2D eigenvalue weighted by Crippen LogP contribution is -2.11. The fraction of sp³-hybridized carbons (Fsp3) is 0.0909. The highest BCUT2D eigenvalue weighted by Crippen LogP contribution is 2.27. The number of rotatable bonds is 0. The Balaban J connectivity index is 2.60. The second kappa shape index (κ2) is 3.07. The van der Waals surface area contributed by atoms with Crippen LogP contribution in [-0.4, -0.2) is 11.2 Å². The van der Waals surface area contributed by atoms with Crippen LogP contribution in [0.5, 0.6) is 0 Å². The van der Waals surface area contributed by atoms with Crippen LogP contribution in [0.2, 0.25) is 0 Å². The smallest absolute Gasteiger partial charge is 0.0994 e. The Kier molecular flexibility index (Phi) is 1.91. The molecule has 0 heterocycles. The molecule has 2 rings (SSSR count). The number of benzene rings is 1. The Bertz CT molecular complexity index is 379. The third kappa shape index (κ3) is 1.25. The highest BCUT2D eigenvalue weighted by atomic mass is 16.3. The molecular formula is C11H11NO. The van der Waals surface area contributed by atoms with Crippen LogP contribution in [0.4, 0.5) is 0 Å². The van der Waals surface area contributed by atoms with Gasteiger partial charge in [0.15, 0.2) is 0 Å². The summed E-state index contributed by atoms with van der Waals surface area (Å²) in [6, 6.07) is 7.87. The van der Waals surface area contributed by atoms with Gasteiger partial charge >= 0.3 is 0 Å². The third-order valence-electron chi connectivity index (χ3n) is 2.23. The number of aliphatic hydroxyl groups is 1. The number of aliphatic hydroxyl groups excluding tert-OH is 1. The van der Waals surface area contributed by atoms with Crippen molar-refractivity contribution < 1.29 is 5.11 Å². The van der Waals surface area contributed by atoms with Crippen LogP contribution in [-0.2, 0) is 0 Å². The molecule has 1 atom stereocenters. The standard InChI is InChI=1S/C11H11NO/c12-7-10-9-4-2-1-3-8(9)5-6-11(10)13/h1-7,11,13H,12H2. The summed E-state index contributed by atoms with van der Waals surface area (Å²) in [5, 5.41) is 9.58. The van der Waals surface area contributed by atoms with Crippen LogP contribution >= 0.6 is 0 Å². The Labute approximate surface area is 77.0 Å². The molecule has 1 aliphatic carbocycles. The molecule has 2 nitrogen and oxygen atoms in total. The molecule has 0 aliphatic heterocycles. The molecule has 0 amide bonds. The van der Waals surface area contributed by atoms with Crippen LogP contribution < -0.4 is 5.73 Å². The highest BCUT2D eigenvalue weighted by Gasteiger charge is 2.15. The minimum absolute atomic E-state index is 0.570. The van der Waals surface area contributed by atoms with Crippen molar-refractivity contribution >= 4 is 11.6 Å². The van der Waals surface area contributed by atoms with Gasteiger partial charge in [-0.15, -0.1) is 0 Å². The number of hydrogen-bond donors (Lipinski definition) is 2. The summed E-state index contributed by atoms with van der Waals surface area (Å²) in [5.41, 5.74) is 8.34. The molecule has 0 saturated heterocycles. The molecule has 1 aromatic rings. The average Bonchev–Trinajstić information content (AvgIpc) is 2.18. The maximum absolute atomic E-state index is 9.58. The van der Waals surface area contributed by atoms with Gasteiger partial charge in [0.05, 0.1) is 6.10 Å². The lowest BCUT2D eigenvalue weighted by molar-refractivity contribution is 0.280. The molecule has 2 heteroatoms. The Morgan fingerprint density at radius 2 is 2.08 bits per heavy atom. The SMILES string of the molecule is NC=C1c2ccccc2C=CC1O. The first kappa shape index (κ1) is 8.08. The molecule has 3 N–H and O–H groups in total. The van der Waals surface area contributed by atoms with Crippen molar-refractivity contribution in [2.45, 2.75) is 6.10 Å². The van der Waals surface area contributed by atoms with Crippen LogP contribution in [0.25, 0.3) is 11.6 Å². The first-order valence-corrected chi connectivity index (χ1v) is 4.20. The van der Waals surface area contributed by atoms with E-state index in [0.717, 1.165) is 16.7 Å². The molecular weight excluding hydrogens is 162 g/mol. The fourth-order valence-electron chi connectivity index (χ4n) is 1.55. The van der Waals surface area contributed by atoms with E-state index in [2.05, 4.69) is 0 Å². The molecule has 0 aromatic heterocycles. The van der Waals surface area contributed by atoms with E-state index in [0.29, 0.717) is 0 Å². The summed E-state index contributed by atoms with van der Waals surface area (Å²) >= 11 is 0. The van der Waals surface area contributed by atoms with Crippen LogP contribution in [0.3, 0.4) is 0 Å². The molecule has 0 spiro atoms. The van der Waals surface area contributed by atoms with E-state index in [9.17, 15) is 5.11 Å². The zero-order valence-electron chi connectivity index (χ0n) is 7.14. The molecule has 1 unspecified atom stereocenters. The predicted octanol–water partition coefficient (Wildman–Crippen LogP) is 1.37. The third-order valence-corrected chi connectivity index (χ3v) is 2.23. The van der Waals surface area contributed by atoms with Gasteiger partial charge in [-0.25, -0.2) is 0 Å². The largest absolute Gasteiger partial charge is 0.404 e. The second-order valence-corrected chi connectivity index (χ2v) is 3.01. The molecule has 0 radical (unpaired) electrons. The highest BCUT2D eigenvalue weighted by molar-refractivity contribution is 5.81. The summed E-state index contributed by atoms with van der Waals surface area (Å²) in [6.07, 6.45) is 4.54. The summed E-state index contributed by atoms with van der Waals surface area (Å²) < 4.78 is 0. The lowest BCUT2D eigenvalue weighted by atomic mass is 9.91. The molecule has 0 bridgehead atoms. The zero-order chi connectivity index (χ0) is 9.26. The summed E-state index contributed by atoms with van der Waals surface area (Å²) in [4.78, 5) is 0. The van der Waals surface area contributed by atoms with Crippen molar-refractivity contribution in [1.29, 1.82) is 0 Å². The van der Waals surface area contributed by atoms with E-state index < -0.39 is 6.10 Å². The normalized spacial score (nSPS) is 23.2. The van der Waals surface area contributed by atoms with Crippen molar-refractivity contribution in [3.05, 3.63) is 47.7 Å². The van der Waals surface area contributed by atoms with Gasteiger partial charge in [0.25, 0.3) is 0 Å². The van der Waals surface area contributed by atoms with Crippen LogP contribution in [0.1, 0.15) is 11.1 Å². The predicted molar refractivity (Wildman–Crippen MR) is 53.6 cm³/mol. The lowest BCUT2D eigenvalue weighted by Gasteiger charge is -2.18. The van der Waals surface area contributed by atoms with Crippen molar-refractivity contribution in [3.8, 4) is 0 Å². The first-order valence-electron chi connectivity index (χ1n) is 4.20. The van der Waals surface area contributed by atoms with Crippen molar-refractivity contribution in [3.63, 3.8) is 0 Å². The summed E-state index contributed by atoms with van der Waals surface area (Å²) in [6.45, 7) is 0. The maximum Gasteiger partial charge on any atom is 0.0994 e. The number of fused-ring (bicyclic) bond motifs is 1. The number of hydrogen-bond acceptors (Lipinski definition) is 2. The first-order chi connectivity index (χ1) is 6.33. The molecule has 1 aliphatic rings. The average molecular weight is 173 g/mol. The van der Waals surface area contributed by atoms with Gasteiger partial charge in [-0.2, -0.15) is 0 Å². The quantitative estimate of drug-likeness (QED) is 0.622. The number of nitrogens with two attached hydrogens (primary N) is 1. The minimum atomic E-state index is -0.570. The molecule has 0 saturated carbocycles. The summed E-state index contributed by atoms with van der Waals surface area (Å²) in [7, 11) is 0. The van der Waals surface area contributed by atoms with Gasteiger partial charge in [-0.05, 0) is 11.1 Å². The van der Waals surface area contributed by atoms with Crippen molar-refractivity contribution in [1.82, 2.24) is 0 Å². The Hall–Kier alpha value is -1.54. The van der Waals surface area contributed by atoms with Gasteiger partial charge in [0, 0.05) is 11.8 Å². The topological polar surface area (TPSA) is 46.2 Å². The van der Waals surface area contributed by atoms with Gasteiger partial charge in [-0.3, -0.25) is 0 Å². The van der Waals surface area contributed by atoms with Gasteiger partial charge < -0.3 is 10.8 Å². The van der Waals surface area contributed by atoms with E-state index in [1.807, 2.05) is 30.3 Å². The summed E-state index contributed by atoms with van der Waals surface area (Å²) in [5.74, 6) is 0. The van der Waals surface area contributed by atoms with E-state index in [-0.39, 0.29) is 0 Å². The monoisotopic (exact) mass is 173 g/mol. The maximum atomic E-state index is 9.58. The van der Waals surface area contributed by atoms with Gasteiger partial charge in [0.2, 0.25) is 0 Å². The fourth-order valence-corrected chi connectivity index (χ4v) is 1.55. The zero-order valence-corrected chi connectivity index (χ0v) is 7.14. The van der Waals surface area contributed by atoms with Crippen molar-refractivity contribution in [2.75, 3.05) is 0 Å². The van der Waals surface area contributed by atoms with Crippen molar-refractivity contribution in [2.24, 2.45) is 5.73 Å². The molecule has 13 heavy (non-hydrogen) atoms. The van der Waals surface area contributed by atoms with Gasteiger partial charge in [0.1, 0.15) is 0 Å². The van der Waals surface area contributed by atoms with Gasteiger partial charge in [-0.1, -0.05) is 36.4 Å². The Morgan fingerprint density at radius 3 is 2.85 bits per heavy atom. The second-order valence-electron chi connectivity index (χ2n) is 3.01. The van der Waals surface area contributed by atoms with E-state index in [1.54, 1.807) is 6.08 Å². The minimum Gasteiger partial charge on any atom is -0.404 e. The van der Waals surface area contributed by atoms with E-state index in [1.165, 1.54) is 6.20 Å².